The maximum atomic E-state index is 11.8. The Bertz CT molecular complexity index is 671. The minimum Gasteiger partial charge on any atom is -0.384 e. The standard InChI is InChI=1S/C17H21N3O2S/c1-17(2,3)12-6-8-13(9-7-12)19-15(21)11-22-20-16(18)14-5-4-10-23-14/h4-10H,11H2,1-3H3,(H2,18,20)(H,19,21). The number of amidine groups is 1. The molecule has 0 spiro atoms. The topological polar surface area (TPSA) is 76.7 Å². The average molecular weight is 331 g/mol. The molecule has 1 heterocycles. The molecule has 0 radical (unpaired) electrons. The molecule has 122 valence electrons. The first kappa shape index (κ1) is 17.0. The van der Waals surface area contributed by atoms with Gasteiger partial charge in [-0.3, -0.25) is 4.79 Å². The number of thiophene rings is 1. The van der Waals surface area contributed by atoms with Crippen molar-refractivity contribution in [2.45, 2.75) is 26.2 Å². The van der Waals surface area contributed by atoms with Gasteiger partial charge in [0.25, 0.3) is 5.91 Å². The molecule has 0 aliphatic rings. The van der Waals surface area contributed by atoms with Gasteiger partial charge in [0.05, 0.1) is 4.88 Å². The van der Waals surface area contributed by atoms with Crippen molar-refractivity contribution in [3.63, 3.8) is 0 Å². The predicted octanol–water partition coefficient (Wildman–Crippen LogP) is 3.32. The molecule has 0 bridgehead atoms. The van der Waals surface area contributed by atoms with Gasteiger partial charge in [-0.1, -0.05) is 44.1 Å². The van der Waals surface area contributed by atoms with E-state index in [1.54, 1.807) is 0 Å². The van der Waals surface area contributed by atoms with Crippen molar-refractivity contribution < 1.29 is 9.63 Å². The third-order valence-corrected chi connectivity index (χ3v) is 4.06. The maximum absolute atomic E-state index is 11.8. The molecule has 0 atom stereocenters. The summed E-state index contributed by atoms with van der Waals surface area (Å²) in [5, 5.41) is 8.39. The SMILES string of the molecule is CC(C)(C)c1ccc(NC(=O)CO/N=C(/N)c2cccs2)cc1. The van der Waals surface area contributed by atoms with E-state index in [0.717, 1.165) is 10.6 Å². The number of nitrogens with one attached hydrogen (secondary N) is 1. The van der Waals surface area contributed by atoms with Gasteiger partial charge in [0, 0.05) is 5.69 Å². The Morgan fingerprint density at radius 2 is 1.96 bits per heavy atom. The van der Waals surface area contributed by atoms with Crippen LogP contribution in [0.15, 0.2) is 46.9 Å². The number of rotatable bonds is 5. The zero-order valence-corrected chi connectivity index (χ0v) is 14.3. The average Bonchev–Trinajstić information content (AvgIpc) is 3.01. The van der Waals surface area contributed by atoms with Crippen LogP contribution in [0.1, 0.15) is 31.2 Å². The van der Waals surface area contributed by atoms with Crippen LogP contribution in [0.2, 0.25) is 0 Å². The first-order chi connectivity index (χ1) is 10.9. The highest BCUT2D eigenvalue weighted by Crippen LogP contribution is 2.23. The second-order valence-electron chi connectivity index (χ2n) is 6.10. The van der Waals surface area contributed by atoms with Gasteiger partial charge in [0.1, 0.15) is 0 Å². The van der Waals surface area contributed by atoms with E-state index in [9.17, 15) is 4.79 Å². The largest absolute Gasteiger partial charge is 0.384 e. The van der Waals surface area contributed by atoms with Crippen LogP contribution < -0.4 is 11.1 Å². The van der Waals surface area contributed by atoms with Crippen LogP contribution in [-0.4, -0.2) is 18.3 Å². The summed E-state index contributed by atoms with van der Waals surface area (Å²) in [5.41, 5.74) is 7.75. The van der Waals surface area contributed by atoms with Crippen LogP contribution in [0.3, 0.4) is 0 Å². The Morgan fingerprint density at radius 3 is 2.52 bits per heavy atom. The quantitative estimate of drug-likeness (QED) is 0.501. The molecule has 0 aliphatic heterocycles. The van der Waals surface area contributed by atoms with Crippen molar-refractivity contribution >= 4 is 28.8 Å². The number of nitrogens with two attached hydrogens (primary N) is 1. The second kappa shape index (κ2) is 7.28. The fourth-order valence-corrected chi connectivity index (χ4v) is 2.50. The van der Waals surface area contributed by atoms with Gasteiger partial charge in [0.15, 0.2) is 12.4 Å². The van der Waals surface area contributed by atoms with Gasteiger partial charge in [-0.2, -0.15) is 0 Å². The molecule has 0 saturated heterocycles. The Hall–Kier alpha value is -2.34. The molecule has 3 N–H and O–H groups in total. The van der Waals surface area contributed by atoms with E-state index in [2.05, 4.69) is 31.2 Å². The molecule has 0 fully saturated rings. The summed E-state index contributed by atoms with van der Waals surface area (Å²) >= 11 is 1.46. The minimum absolute atomic E-state index is 0.0830. The predicted molar refractivity (Wildman–Crippen MR) is 94.8 cm³/mol. The van der Waals surface area contributed by atoms with Crippen LogP contribution in [0.25, 0.3) is 0 Å². The number of benzene rings is 1. The Kier molecular flexibility index (Phi) is 5.39. The number of amides is 1. The molecule has 5 nitrogen and oxygen atoms in total. The molecule has 23 heavy (non-hydrogen) atoms. The van der Waals surface area contributed by atoms with Crippen molar-refractivity contribution in [1.82, 2.24) is 0 Å². The summed E-state index contributed by atoms with van der Waals surface area (Å²) in [4.78, 5) is 17.6. The Morgan fingerprint density at radius 1 is 1.26 bits per heavy atom. The number of carbonyl (C=O) groups excluding carboxylic acids is 1. The van der Waals surface area contributed by atoms with E-state index in [0.29, 0.717) is 0 Å². The number of anilines is 1. The zero-order valence-electron chi connectivity index (χ0n) is 13.5. The Labute approximate surface area is 140 Å². The minimum atomic E-state index is -0.281. The van der Waals surface area contributed by atoms with Crippen molar-refractivity contribution in [2.24, 2.45) is 10.9 Å². The number of hydrogen-bond acceptors (Lipinski definition) is 4. The van der Waals surface area contributed by atoms with Crippen molar-refractivity contribution in [2.75, 3.05) is 11.9 Å². The first-order valence-electron chi connectivity index (χ1n) is 7.26. The molecule has 0 unspecified atom stereocenters. The van der Waals surface area contributed by atoms with E-state index in [1.165, 1.54) is 16.9 Å². The van der Waals surface area contributed by atoms with Crippen LogP contribution in [-0.2, 0) is 15.0 Å². The molecule has 1 aromatic heterocycles. The maximum Gasteiger partial charge on any atom is 0.265 e. The summed E-state index contributed by atoms with van der Waals surface area (Å²) in [6.45, 7) is 6.24. The second-order valence-corrected chi connectivity index (χ2v) is 7.05. The van der Waals surface area contributed by atoms with Crippen molar-refractivity contribution in [3.8, 4) is 0 Å². The lowest BCUT2D eigenvalue weighted by Gasteiger charge is -2.19. The lowest BCUT2D eigenvalue weighted by atomic mass is 9.87. The van der Waals surface area contributed by atoms with Gasteiger partial charge in [-0.25, -0.2) is 0 Å². The lowest BCUT2D eigenvalue weighted by molar-refractivity contribution is -0.120. The molecule has 1 aromatic carbocycles. The zero-order chi connectivity index (χ0) is 16.9. The molecule has 0 saturated carbocycles. The molecular weight excluding hydrogens is 310 g/mol. The summed E-state index contributed by atoms with van der Waals surface area (Å²) < 4.78 is 0. The molecule has 6 heteroatoms. The van der Waals surface area contributed by atoms with Crippen LogP contribution in [0.4, 0.5) is 5.69 Å². The third-order valence-electron chi connectivity index (χ3n) is 3.17. The van der Waals surface area contributed by atoms with E-state index < -0.39 is 0 Å². The molecule has 0 aliphatic carbocycles. The summed E-state index contributed by atoms with van der Waals surface area (Å²) in [6, 6.07) is 11.5. The Balaban J connectivity index is 1.84. The van der Waals surface area contributed by atoms with Crippen molar-refractivity contribution in [1.29, 1.82) is 0 Å². The number of carbonyl (C=O) groups is 1. The van der Waals surface area contributed by atoms with Crippen LogP contribution >= 0.6 is 11.3 Å². The van der Waals surface area contributed by atoms with Crippen molar-refractivity contribution in [3.05, 3.63) is 52.2 Å². The number of oxime groups is 1. The number of nitrogens with zero attached hydrogens (tertiary/aromatic N) is 1. The summed E-state index contributed by atoms with van der Waals surface area (Å²) in [5.74, 6) is -0.0152. The molecular formula is C17H21N3O2S. The van der Waals surface area contributed by atoms with E-state index in [-0.39, 0.29) is 23.8 Å². The molecule has 1 amide bonds. The third kappa shape index (κ3) is 5.10. The molecule has 2 rings (SSSR count). The van der Waals surface area contributed by atoms with Gasteiger partial charge in [-0.05, 0) is 34.6 Å². The fraction of sp³-hybridized carbons (Fsp3) is 0.294. The van der Waals surface area contributed by atoms with Gasteiger partial charge in [-0.15, -0.1) is 11.3 Å². The number of hydrogen-bond donors (Lipinski definition) is 2. The monoisotopic (exact) mass is 331 g/mol. The van der Waals surface area contributed by atoms with Gasteiger partial charge in [0.2, 0.25) is 0 Å². The summed E-state index contributed by atoms with van der Waals surface area (Å²) in [6.07, 6.45) is 0. The van der Waals surface area contributed by atoms with Crippen LogP contribution in [0, 0.1) is 0 Å². The summed E-state index contributed by atoms with van der Waals surface area (Å²) in [7, 11) is 0. The van der Waals surface area contributed by atoms with E-state index in [4.69, 9.17) is 10.6 Å². The van der Waals surface area contributed by atoms with E-state index >= 15 is 0 Å². The first-order valence-corrected chi connectivity index (χ1v) is 8.14. The van der Waals surface area contributed by atoms with Gasteiger partial charge < -0.3 is 15.9 Å². The molecule has 2 aromatic rings. The smallest absolute Gasteiger partial charge is 0.265 e. The lowest BCUT2D eigenvalue weighted by Crippen LogP contribution is -2.19. The van der Waals surface area contributed by atoms with Gasteiger partial charge >= 0.3 is 0 Å². The fourth-order valence-electron chi connectivity index (χ4n) is 1.88. The normalized spacial score (nSPS) is 12.0. The highest BCUT2D eigenvalue weighted by atomic mass is 32.1. The van der Waals surface area contributed by atoms with E-state index in [1.807, 2.05) is 41.8 Å². The highest BCUT2D eigenvalue weighted by molar-refractivity contribution is 7.12. The highest BCUT2D eigenvalue weighted by Gasteiger charge is 2.13. The van der Waals surface area contributed by atoms with Crippen LogP contribution in [0.5, 0.6) is 0 Å².